The number of nitrogens with zero attached hydrogens (tertiary/aromatic N) is 3. The molecule has 3 aromatic rings. The first-order valence-corrected chi connectivity index (χ1v) is 11.2. The highest BCUT2D eigenvalue weighted by molar-refractivity contribution is 6.30. The topological polar surface area (TPSA) is 99.6 Å². The third-order valence-corrected chi connectivity index (χ3v) is 5.88. The van der Waals surface area contributed by atoms with Gasteiger partial charge in [-0.05, 0) is 86.6 Å². The lowest BCUT2D eigenvalue weighted by Crippen LogP contribution is -2.30. The summed E-state index contributed by atoms with van der Waals surface area (Å²) in [5, 5.41) is 33.1. The van der Waals surface area contributed by atoms with Gasteiger partial charge in [-0.1, -0.05) is 29.8 Å². The fraction of sp³-hybridized carbons (Fsp3) is 0.269. The van der Waals surface area contributed by atoms with Crippen molar-refractivity contribution < 1.29 is 19.2 Å². The fourth-order valence-electron chi connectivity index (χ4n) is 3.91. The first-order valence-electron chi connectivity index (χ1n) is 10.9. The zero-order chi connectivity index (χ0) is 25.6. The first kappa shape index (κ1) is 29.0. The van der Waals surface area contributed by atoms with Crippen molar-refractivity contribution in [3.8, 4) is 11.8 Å². The number of nitro benzene ring substituents is 1. The van der Waals surface area contributed by atoms with Gasteiger partial charge in [0.25, 0.3) is 0 Å². The molecule has 0 heterocycles. The summed E-state index contributed by atoms with van der Waals surface area (Å²) in [6.07, 6.45) is 0.945. The molecule has 0 fully saturated rings. The quantitative estimate of drug-likeness (QED) is 0.259. The Morgan fingerprint density at radius 1 is 1.17 bits per heavy atom. The highest BCUT2D eigenvalue weighted by Gasteiger charge is 2.34. The van der Waals surface area contributed by atoms with Crippen molar-refractivity contribution in [2.75, 3.05) is 20.6 Å². The summed E-state index contributed by atoms with van der Waals surface area (Å²) in [5.41, 5.74) is -0.0324. The van der Waals surface area contributed by atoms with E-state index in [9.17, 15) is 24.9 Å². The Kier molecular flexibility index (Phi) is 10.2. The molecule has 0 aliphatic rings. The van der Waals surface area contributed by atoms with Gasteiger partial charge in [0.2, 0.25) is 0 Å². The average Bonchev–Trinajstić information content (AvgIpc) is 2.83. The Bertz CT molecular complexity index is 1250. The minimum atomic E-state index is -1.51. The fourth-order valence-corrected chi connectivity index (χ4v) is 4.07. The molecule has 0 saturated heterocycles. The number of hydrogen-bond donors (Lipinski definition) is 1. The van der Waals surface area contributed by atoms with Gasteiger partial charge in [0.15, 0.2) is 5.75 Å². The summed E-state index contributed by atoms with van der Waals surface area (Å²) < 4.78 is 19.4. The van der Waals surface area contributed by atoms with Crippen molar-refractivity contribution in [3.05, 3.63) is 104 Å². The number of ether oxygens (including phenoxy) is 1. The highest BCUT2D eigenvalue weighted by atomic mass is 35.5. The monoisotopic (exact) mass is 533 g/mol. The second kappa shape index (κ2) is 12.7. The lowest BCUT2D eigenvalue weighted by molar-refractivity contribution is -0.385. The SMILES string of the molecule is CN(C)CCCC(O)(c1ccc(F)cc1)c1ccc(C#N)cc1COc1ccc(Cl)cc1[N+](=O)[O-].Cl. The smallest absolute Gasteiger partial charge is 0.312 e. The molecule has 3 aromatic carbocycles. The average molecular weight is 534 g/mol. The minimum absolute atomic E-state index is 0. The van der Waals surface area contributed by atoms with Crippen LogP contribution in [-0.4, -0.2) is 35.6 Å². The van der Waals surface area contributed by atoms with E-state index in [-0.39, 0.29) is 35.5 Å². The van der Waals surface area contributed by atoms with Crippen molar-refractivity contribution in [2.45, 2.75) is 25.0 Å². The normalized spacial score (nSPS) is 12.4. The number of rotatable bonds is 10. The van der Waals surface area contributed by atoms with E-state index >= 15 is 0 Å². The van der Waals surface area contributed by atoms with Crippen molar-refractivity contribution >= 4 is 29.7 Å². The van der Waals surface area contributed by atoms with Gasteiger partial charge in [-0.15, -0.1) is 12.4 Å². The minimum Gasteiger partial charge on any atom is -0.482 e. The van der Waals surface area contributed by atoms with Crippen LogP contribution in [0.2, 0.25) is 5.02 Å². The Hall–Kier alpha value is -3.22. The number of nitro groups is 1. The molecular formula is C26H26Cl2FN3O4. The van der Waals surface area contributed by atoms with Gasteiger partial charge in [0, 0.05) is 11.1 Å². The molecule has 190 valence electrons. The molecule has 3 rings (SSSR count). The molecule has 0 aliphatic carbocycles. The van der Waals surface area contributed by atoms with Gasteiger partial charge in [0.05, 0.1) is 16.6 Å². The number of hydrogen-bond acceptors (Lipinski definition) is 6. The Balaban J connectivity index is 0.00000456. The van der Waals surface area contributed by atoms with E-state index in [1.807, 2.05) is 19.0 Å². The molecule has 0 bridgehead atoms. The molecule has 1 unspecified atom stereocenters. The van der Waals surface area contributed by atoms with Gasteiger partial charge in [-0.2, -0.15) is 5.26 Å². The molecule has 0 spiro atoms. The Morgan fingerprint density at radius 3 is 2.47 bits per heavy atom. The molecule has 36 heavy (non-hydrogen) atoms. The van der Waals surface area contributed by atoms with Crippen LogP contribution in [-0.2, 0) is 12.2 Å². The predicted molar refractivity (Wildman–Crippen MR) is 138 cm³/mol. The van der Waals surface area contributed by atoms with Crippen LogP contribution in [0.25, 0.3) is 0 Å². The van der Waals surface area contributed by atoms with E-state index in [0.29, 0.717) is 41.6 Å². The van der Waals surface area contributed by atoms with E-state index in [0.717, 1.165) is 0 Å². The third kappa shape index (κ3) is 6.93. The zero-order valence-corrected chi connectivity index (χ0v) is 21.4. The molecule has 0 saturated carbocycles. The number of nitriles is 1. The Labute approximate surface area is 220 Å². The van der Waals surface area contributed by atoms with Crippen molar-refractivity contribution in [2.24, 2.45) is 0 Å². The standard InChI is InChI=1S/C26H25ClFN3O4.ClH/c1-30(2)13-3-12-26(32,20-5-8-22(28)9-6-20)23-10-4-18(16-29)14-19(23)17-35-25-11-7-21(27)15-24(25)31(33)34;/h4-11,14-15,32H,3,12-13,17H2,1-2H3;1H. The van der Waals surface area contributed by atoms with Gasteiger partial charge >= 0.3 is 5.69 Å². The molecule has 0 aliphatic heterocycles. The number of benzene rings is 3. The molecule has 1 N–H and O–H groups in total. The largest absolute Gasteiger partial charge is 0.482 e. The molecule has 0 amide bonds. The van der Waals surface area contributed by atoms with E-state index in [1.54, 1.807) is 18.2 Å². The summed E-state index contributed by atoms with van der Waals surface area (Å²) in [4.78, 5) is 12.8. The van der Waals surface area contributed by atoms with Gasteiger partial charge < -0.3 is 14.7 Å². The van der Waals surface area contributed by atoms with Gasteiger partial charge in [-0.25, -0.2) is 4.39 Å². The van der Waals surface area contributed by atoms with Crippen LogP contribution in [0.15, 0.2) is 60.7 Å². The second-order valence-corrected chi connectivity index (χ2v) is 8.85. The molecule has 7 nitrogen and oxygen atoms in total. The van der Waals surface area contributed by atoms with Gasteiger partial charge in [-0.3, -0.25) is 10.1 Å². The summed E-state index contributed by atoms with van der Waals surface area (Å²) in [5.74, 6) is -0.423. The maximum atomic E-state index is 13.6. The summed E-state index contributed by atoms with van der Waals surface area (Å²) in [6, 6.07) is 16.6. The predicted octanol–water partition coefficient (Wildman–Crippen LogP) is 5.84. The first-order chi connectivity index (χ1) is 16.6. The second-order valence-electron chi connectivity index (χ2n) is 8.42. The lowest BCUT2D eigenvalue weighted by atomic mass is 9.80. The van der Waals surface area contributed by atoms with Crippen LogP contribution in [0.4, 0.5) is 10.1 Å². The van der Waals surface area contributed by atoms with Crippen molar-refractivity contribution in [1.29, 1.82) is 5.26 Å². The number of halogens is 3. The van der Waals surface area contributed by atoms with Crippen molar-refractivity contribution in [1.82, 2.24) is 4.90 Å². The van der Waals surface area contributed by atoms with E-state index in [4.69, 9.17) is 16.3 Å². The zero-order valence-electron chi connectivity index (χ0n) is 19.8. The molecule has 10 heteroatoms. The number of aliphatic hydroxyl groups is 1. The molecular weight excluding hydrogens is 508 g/mol. The molecule has 1 atom stereocenters. The van der Waals surface area contributed by atoms with Crippen LogP contribution >= 0.6 is 24.0 Å². The van der Waals surface area contributed by atoms with Crippen LogP contribution < -0.4 is 4.74 Å². The van der Waals surface area contributed by atoms with Gasteiger partial charge in [0.1, 0.15) is 18.0 Å². The highest BCUT2D eigenvalue weighted by Crippen LogP contribution is 2.38. The van der Waals surface area contributed by atoms with E-state index < -0.39 is 16.3 Å². The van der Waals surface area contributed by atoms with Crippen LogP contribution in [0.5, 0.6) is 5.75 Å². The summed E-state index contributed by atoms with van der Waals surface area (Å²) in [6.45, 7) is 0.563. The summed E-state index contributed by atoms with van der Waals surface area (Å²) in [7, 11) is 3.86. The maximum Gasteiger partial charge on any atom is 0.312 e. The third-order valence-electron chi connectivity index (χ3n) is 5.65. The van der Waals surface area contributed by atoms with E-state index in [1.165, 1.54) is 42.5 Å². The molecule has 0 radical (unpaired) electrons. The van der Waals surface area contributed by atoms with Crippen LogP contribution in [0, 0.1) is 27.3 Å². The summed E-state index contributed by atoms with van der Waals surface area (Å²) >= 11 is 5.89. The van der Waals surface area contributed by atoms with Crippen LogP contribution in [0.3, 0.4) is 0 Å². The maximum absolute atomic E-state index is 13.6. The van der Waals surface area contributed by atoms with E-state index in [2.05, 4.69) is 6.07 Å². The van der Waals surface area contributed by atoms with Crippen molar-refractivity contribution in [3.63, 3.8) is 0 Å². The van der Waals surface area contributed by atoms with Crippen LogP contribution in [0.1, 0.15) is 35.1 Å². The molecule has 0 aromatic heterocycles. The Morgan fingerprint density at radius 2 is 1.86 bits per heavy atom. The lowest BCUT2D eigenvalue weighted by Gasteiger charge is -2.32.